The van der Waals surface area contributed by atoms with Gasteiger partial charge in [-0.3, -0.25) is 0 Å². The molecule has 0 aromatic carbocycles. The summed E-state index contributed by atoms with van der Waals surface area (Å²) in [5.41, 5.74) is 5.63. The number of allylic oxidation sites excluding steroid dienone is 4. The van der Waals surface area contributed by atoms with Gasteiger partial charge >= 0.3 is 0 Å². The maximum Gasteiger partial charge on any atom is 0.163 e. The number of aryl methyl sites for hydroxylation is 1. The van der Waals surface area contributed by atoms with Crippen molar-refractivity contribution < 1.29 is 0 Å². The second-order valence-electron chi connectivity index (χ2n) is 6.87. The summed E-state index contributed by atoms with van der Waals surface area (Å²) < 4.78 is 2.02. The molecule has 2 aromatic heterocycles. The lowest BCUT2D eigenvalue weighted by Crippen LogP contribution is -2.14. The molecule has 110 valence electrons. The normalized spacial score (nSPS) is 16.0. The highest BCUT2D eigenvalue weighted by Crippen LogP contribution is 2.29. The van der Waals surface area contributed by atoms with Gasteiger partial charge < -0.3 is 0 Å². The minimum absolute atomic E-state index is 0.0447. The molecule has 21 heavy (non-hydrogen) atoms. The lowest BCUT2D eigenvalue weighted by atomic mass is 9.91. The van der Waals surface area contributed by atoms with Crippen LogP contribution in [0, 0.1) is 6.92 Å². The predicted molar refractivity (Wildman–Crippen MR) is 88.2 cm³/mol. The number of fused-ring (bicyclic) bond motifs is 1. The van der Waals surface area contributed by atoms with Crippen LogP contribution in [0.2, 0.25) is 0 Å². The monoisotopic (exact) mass is 281 g/mol. The minimum Gasteiger partial charge on any atom is -0.232 e. The summed E-state index contributed by atoms with van der Waals surface area (Å²) in [6, 6.07) is 4.28. The standard InChI is InChI=1S/C18H23N3/c1-12-8-6-7-9-15(12)21-17-14(13(2)20-21)10-11-16(19-17)18(3,4)5/h8-11H,6-7H2,1-5H3. The maximum absolute atomic E-state index is 4.91. The number of nitrogens with zero attached hydrogens (tertiary/aromatic N) is 3. The highest BCUT2D eigenvalue weighted by Gasteiger charge is 2.20. The summed E-state index contributed by atoms with van der Waals surface area (Å²) in [5, 5.41) is 5.87. The van der Waals surface area contributed by atoms with Crippen LogP contribution in [0.5, 0.6) is 0 Å². The first kappa shape index (κ1) is 14.1. The molecular formula is C18H23N3. The molecule has 0 radical (unpaired) electrons. The largest absolute Gasteiger partial charge is 0.232 e. The Kier molecular flexibility index (Phi) is 3.23. The van der Waals surface area contributed by atoms with Crippen LogP contribution in [-0.2, 0) is 5.41 Å². The molecule has 3 rings (SSSR count). The first-order chi connectivity index (χ1) is 9.88. The predicted octanol–water partition coefficient (Wildman–Crippen LogP) is 4.62. The van der Waals surface area contributed by atoms with Gasteiger partial charge in [-0.05, 0) is 44.4 Å². The van der Waals surface area contributed by atoms with Gasteiger partial charge in [-0.25, -0.2) is 9.67 Å². The van der Waals surface area contributed by atoms with E-state index in [1.807, 2.05) is 4.68 Å². The third-order valence-electron chi connectivity index (χ3n) is 4.07. The minimum atomic E-state index is 0.0447. The topological polar surface area (TPSA) is 30.7 Å². The first-order valence-electron chi connectivity index (χ1n) is 7.62. The molecule has 2 aromatic rings. The van der Waals surface area contributed by atoms with E-state index in [9.17, 15) is 0 Å². The summed E-state index contributed by atoms with van der Waals surface area (Å²) in [6.45, 7) is 10.8. The van der Waals surface area contributed by atoms with Crippen LogP contribution in [0.4, 0.5) is 0 Å². The van der Waals surface area contributed by atoms with Crippen molar-refractivity contribution in [2.24, 2.45) is 0 Å². The molecule has 0 aliphatic heterocycles. The molecule has 0 fully saturated rings. The van der Waals surface area contributed by atoms with Crippen molar-refractivity contribution in [2.75, 3.05) is 0 Å². The SMILES string of the molecule is CC1=CCCC=C1n1nc(C)c2ccc(C(C)(C)C)nc21. The van der Waals surface area contributed by atoms with Crippen LogP contribution in [0.15, 0.2) is 29.9 Å². The Morgan fingerprint density at radius 2 is 1.76 bits per heavy atom. The summed E-state index contributed by atoms with van der Waals surface area (Å²) in [6.07, 6.45) is 6.75. The number of aromatic nitrogens is 3. The Balaban J connectivity index is 2.24. The van der Waals surface area contributed by atoms with Crippen LogP contribution >= 0.6 is 0 Å². The molecule has 1 aliphatic carbocycles. The molecule has 3 nitrogen and oxygen atoms in total. The van der Waals surface area contributed by atoms with E-state index >= 15 is 0 Å². The van der Waals surface area contributed by atoms with Gasteiger partial charge in [0.05, 0.1) is 11.4 Å². The molecule has 1 aliphatic rings. The van der Waals surface area contributed by atoms with E-state index in [1.54, 1.807) is 0 Å². The van der Waals surface area contributed by atoms with Crippen LogP contribution in [0.25, 0.3) is 16.7 Å². The van der Waals surface area contributed by atoms with E-state index in [1.165, 1.54) is 11.3 Å². The summed E-state index contributed by atoms with van der Waals surface area (Å²) in [4.78, 5) is 4.91. The number of hydrogen-bond donors (Lipinski definition) is 0. The van der Waals surface area contributed by atoms with Crippen molar-refractivity contribution in [1.29, 1.82) is 0 Å². The van der Waals surface area contributed by atoms with E-state index in [4.69, 9.17) is 10.1 Å². The number of hydrogen-bond acceptors (Lipinski definition) is 2. The average Bonchev–Trinajstić information content (AvgIpc) is 2.75. The molecular weight excluding hydrogens is 258 g/mol. The Morgan fingerprint density at radius 3 is 2.43 bits per heavy atom. The zero-order chi connectivity index (χ0) is 15.2. The zero-order valence-electron chi connectivity index (χ0n) is 13.6. The van der Waals surface area contributed by atoms with E-state index in [-0.39, 0.29) is 5.41 Å². The number of rotatable bonds is 1. The Bertz CT molecular complexity index is 755. The van der Waals surface area contributed by atoms with Crippen LogP contribution in [0.1, 0.15) is 51.9 Å². The second kappa shape index (κ2) is 4.83. The maximum atomic E-state index is 4.91. The van der Waals surface area contributed by atoms with Gasteiger partial charge in [-0.15, -0.1) is 0 Å². The molecule has 0 saturated carbocycles. The Hall–Kier alpha value is -1.90. The van der Waals surface area contributed by atoms with E-state index < -0.39 is 0 Å². The van der Waals surface area contributed by atoms with E-state index in [0.717, 1.165) is 35.3 Å². The second-order valence-corrected chi connectivity index (χ2v) is 6.87. The molecule has 0 bridgehead atoms. The van der Waals surface area contributed by atoms with Gasteiger partial charge in [0.25, 0.3) is 0 Å². The lowest BCUT2D eigenvalue weighted by molar-refractivity contribution is 0.570. The highest BCUT2D eigenvalue weighted by atomic mass is 15.3. The zero-order valence-corrected chi connectivity index (χ0v) is 13.6. The van der Waals surface area contributed by atoms with Crippen molar-refractivity contribution in [3.05, 3.63) is 41.2 Å². The quantitative estimate of drug-likeness (QED) is 0.763. The lowest BCUT2D eigenvalue weighted by Gasteiger charge is -2.18. The van der Waals surface area contributed by atoms with Crippen molar-refractivity contribution in [3.63, 3.8) is 0 Å². The van der Waals surface area contributed by atoms with Crippen molar-refractivity contribution >= 4 is 16.7 Å². The molecule has 0 atom stereocenters. The van der Waals surface area contributed by atoms with Crippen LogP contribution < -0.4 is 0 Å². The average molecular weight is 281 g/mol. The van der Waals surface area contributed by atoms with Gasteiger partial charge in [0.2, 0.25) is 0 Å². The van der Waals surface area contributed by atoms with Gasteiger partial charge in [-0.1, -0.05) is 32.9 Å². The van der Waals surface area contributed by atoms with Gasteiger partial charge in [0.15, 0.2) is 5.65 Å². The smallest absolute Gasteiger partial charge is 0.163 e. The van der Waals surface area contributed by atoms with Crippen molar-refractivity contribution in [1.82, 2.24) is 14.8 Å². The Morgan fingerprint density at radius 1 is 1.05 bits per heavy atom. The van der Waals surface area contributed by atoms with Crippen LogP contribution in [0.3, 0.4) is 0 Å². The van der Waals surface area contributed by atoms with Gasteiger partial charge in [0.1, 0.15) is 0 Å². The molecule has 3 heteroatoms. The van der Waals surface area contributed by atoms with E-state index in [0.29, 0.717) is 0 Å². The fraction of sp³-hybridized carbons (Fsp3) is 0.444. The Labute approximate surface area is 126 Å². The molecule has 0 spiro atoms. The number of pyridine rings is 1. The van der Waals surface area contributed by atoms with Crippen molar-refractivity contribution in [2.45, 2.75) is 52.9 Å². The highest BCUT2D eigenvalue weighted by molar-refractivity contribution is 5.83. The summed E-state index contributed by atoms with van der Waals surface area (Å²) >= 11 is 0. The van der Waals surface area contributed by atoms with E-state index in [2.05, 4.69) is 58.9 Å². The van der Waals surface area contributed by atoms with Gasteiger partial charge in [0, 0.05) is 16.5 Å². The fourth-order valence-corrected chi connectivity index (χ4v) is 2.77. The van der Waals surface area contributed by atoms with Gasteiger partial charge in [-0.2, -0.15) is 5.10 Å². The molecule has 0 amide bonds. The third kappa shape index (κ3) is 2.41. The van der Waals surface area contributed by atoms with Crippen LogP contribution in [-0.4, -0.2) is 14.8 Å². The first-order valence-corrected chi connectivity index (χ1v) is 7.62. The molecule has 2 heterocycles. The summed E-state index contributed by atoms with van der Waals surface area (Å²) in [5.74, 6) is 0. The summed E-state index contributed by atoms with van der Waals surface area (Å²) in [7, 11) is 0. The molecule has 0 saturated heterocycles. The third-order valence-corrected chi connectivity index (χ3v) is 4.07. The van der Waals surface area contributed by atoms with Crippen molar-refractivity contribution in [3.8, 4) is 0 Å². The molecule has 0 N–H and O–H groups in total. The fourth-order valence-electron chi connectivity index (χ4n) is 2.77. The molecule has 0 unspecified atom stereocenters.